The van der Waals surface area contributed by atoms with Gasteiger partial charge in [0, 0.05) is 13.1 Å². The van der Waals surface area contributed by atoms with Gasteiger partial charge in [-0.3, -0.25) is 0 Å². The highest BCUT2D eigenvalue weighted by molar-refractivity contribution is 7.89. The molecule has 2 bridgehead atoms. The summed E-state index contributed by atoms with van der Waals surface area (Å²) in [5, 5.41) is 3.36. The Labute approximate surface area is 85.7 Å². The highest BCUT2D eigenvalue weighted by Crippen LogP contribution is 2.26. The Morgan fingerprint density at radius 3 is 2.36 bits per heavy atom. The number of hydrogen-bond acceptors (Lipinski definition) is 3. The smallest absolute Gasteiger partial charge is 0.213 e. The molecule has 2 aliphatic heterocycles. The summed E-state index contributed by atoms with van der Waals surface area (Å²) < 4.78 is 25.1. The van der Waals surface area contributed by atoms with Gasteiger partial charge in [-0.1, -0.05) is 0 Å². The largest absolute Gasteiger partial charge is 0.316 e. The van der Waals surface area contributed by atoms with E-state index in [0.29, 0.717) is 11.8 Å². The normalized spacial score (nSPS) is 34.4. The van der Waals surface area contributed by atoms with E-state index in [1.807, 2.05) is 0 Å². The van der Waals surface area contributed by atoms with Crippen LogP contribution in [-0.2, 0) is 10.0 Å². The number of nitrogens with zero attached hydrogens (tertiary/aromatic N) is 1. The van der Waals surface area contributed by atoms with Crippen molar-refractivity contribution in [2.24, 2.45) is 11.8 Å². The Morgan fingerprint density at radius 1 is 1.29 bits per heavy atom. The van der Waals surface area contributed by atoms with Gasteiger partial charge in [0.1, 0.15) is 0 Å². The molecule has 0 aromatic rings. The van der Waals surface area contributed by atoms with Crippen molar-refractivity contribution in [3.63, 3.8) is 0 Å². The highest BCUT2D eigenvalue weighted by atomic mass is 32.2. The molecule has 0 spiro atoms. The summed E-state index contributed by atoms with van der Waals surface area (Å²) in [5.74, 6) is 1.30. The first-order chi connectivity index (χ1) is 6.62. The maximum absolute atomic E-state index is 11.7. The van der Waals surface area contributed by atoms with E-state index in [0.717, 1.165) is 26.2 Å². The quantitative estimate of drug-likeness (QED) is 0.703. The van der Waals surface area contributed by atoms with Crippen molar-refractivity contribution in [1.82, 2.24) is 9.62 Å². The first kappa shape index (κ1) is 10.4. The molecule has 4 nitrogen and oxygen atoms in total. The van der Waals surface area contributed by atoms with Gasteiger partial charge in [-0.05, 0) is 38.3 Å². The lowest BCUT2D eigenvalue weighted by Crippen LogP contribution is -2.52. The van der Waals surface area contributed by atoms with Crippen LogP contribution in [0.5, 0.6) is 0 Å². The van der Waals surface area contributed by atoms with Crippen LogP contribution in [0.4, 0.5) is 0 Å². The third-order valence-electron chi connectivity index (χ3n) is 3.21. The lowest BCUT2D eigenvalue weighted by Gasteiger charge is -2.40. The third kappa shape index (κ3) is 1.94. The monoisotopic (exact) mass is 218 g/mol. The van der Waals surface area contributed by atoms with E-state index in [1.54, 1.807) is 11.2 Å². The van der Waals surface area contributed by atoms with E-state index in [-0.39, 0.29) is 5.75 Å². The number of hydrogen-bond donors (Lipinski definition) is 1. The first-order valence-corrected chi connectivity index (χ1v) is 6.91. The molecule has 82 valence electrons. The van der Waals surface area contributed by atoms with Gasteiger partial charge < -0.3 is 5.32 Å². The topological polar surface area (TPSA) is 49.4 Å². The summed E-state index contributed by atoms with van der Waals surface area (Å²) in [6.07, 6.45) is 1.20. The van der Waals surface area contributed by atoms with Crippen molar-refractivity contribution in [3.05, 3.63) is 0 Å². The van der Waals surface area contributed by atoms with Crippen molar-refractivity contribution in [1.29, 1.82) is 0 Å². The lowest BCUT2D eigenvalue weighted by atomic mass is 9.87. The molecule has 2 fully saturated rings. The SMILES string of the molecule is CCS(=O)(=O)N1CC2CNCC(C2)C1. The zero-order valence-electron chi connectivity index (χ0n) is 8.57. The Bertz CT molecular complexity index is 290. The summed E-state index contributed by atoms with van der Waals surface area (Å²) in [6, 6.07) is 0. The van der Waals surface area contributed by atoms with Crippen LogP contribution < -0.4 is 5.32 Å². The van der Waals surface area contributed by atoms with Gasteiger partial charge in [0.15, 0.2) is 0 Å². The molecule has 0 saturated carbocycles. The second-order valence-corrected chi connectivity index (χ2v) is 6.60. The van der Waals surface area contributed by atoms with Crippen LogP contribution in [0.1, 0.15) is 13.3 Å². The average molecular weight is 218 g/mol. The van der Waals surface area contributed by atoms with Crippen molar-refractivity contribution >= 4 is 10.0 Å². The molecule has 0 aromatic heterocycles. The molecule has 1 N–H and O–H groups in total. The van der Waals surface area contributed by atoms with Crippen molar-refractivity contribution in [2.45, 2.75) is 13.3 Å². The fourth-order valence-corrected chi connectivity index (χ4v) is 3.71. The minimum atomic E-state index is -2.96. The number of rotatable bonds is 2. The van der Waals surface area contributed by atoms with Crippen LogP contribution in [0.2, 0.25) is 0 Å². The second-order valence-electron chi connectivity index (χ2n) is 4.34. The fraction of sp³-hybridized carbons (Fsp3) is 1.00. The number of piperidine rings is 2. The maximum atomic E-state index is 11.7. The summed E-state index contributed by atoms with van der Waals surface area (Å²) >= 11 is 0. The molecule has 2 heterocycles. The van der Waals surface area contributed by atoms with Gasteiger partial charge in [0.05, 0.1) is 5.75 Å². The molecule has 2 aliphatic rings. The molecule has 2 unspecified atom stereocenters. The Kier molecular flexibility index (Phi) is 2.81. The number of nitrogens with one attached hydrogen (secondary N) is 1. The highest BCUT2D eigenvalue weighted by Gasteiger charge is 2.34. The molecule has 14 heavy (non-hydrogen) atoms. The van der Waals surface area contributed by atoms with E-state index in [9.17, 15) is 8.42 Å². The standard InChI is InChI=1S/C9H18N2O2S/c1-2-14(12,13)11-6-8-3-9(7-11)5-10-4-8/h8-10H,2-7H2,1H3. The zero-order chi connectivity index (χ0) is 10.2. The summed E-state index contributed by atoms with van der Waals surface area (Å²) in [4.78, 5) is 0. The van der Waals surface area contributed by atoms with Crippen molar-refractivity contribution < 1.29 is 8.42 Å². The average Bonchev–Trinajstić information content (AvgIpc) is 2.17. The minimum Gasteiger partial charge on any atom is -0.316 e. The van der Waals surface area contributed by atoms with E-state index in [4.69, 9.17) is 0 Å². The Balaban J connectivity index is 2.09. The molecular formula is C9H18N2O2S. The lowest BCUT2D eigenvalue weighted by molar-refractivity contribution is 0.159. The molecular weight excluding hydrogens is 200 g/mol. The maximum Gasteiger partial charge on any atom is 0.213 e. The van der Waals surface area contributed by atoms with Crippen LogP contribution in [0, 0.1) is 11.8 Å². The number of sulfonamides is 1. The molecule has 0 aliphatic carbocycles. The molecule has 2 atom stereocenters. The van der Waals surface area contributed by atoms with Crippen LogP contribution in [0.15, 0.2) is 0 Å². The van der Waals surface area contributed by atoms with Crippen LogP contribution in [0.25, 0.3) is 0 Å². The summed E-state index contributed by atoms with van der Waals surface area (Å²) in [7, 11) is -2.96. The molecule has 0 aromatic carbocycles. The fourth-order valence-electron chi connectivity index (χ4n) is 2.47. The van der Waals surface area contributed by atoms with Crippen LogP contribution in [0.3, 0.4) is 0 Å². The van der Waals surface area contributed by atoms with Crippen molar-refractivity contribution in [3.8, 4) is 0 Å². The zero-order valence-corrected chi connectivity index (χ0v) is 9.39. The molecule has 0 amide bonds. The van der Waals surface area contributed by atoms with Gasteiger partial charge >= 0.3 is 0 Å². The predicted molar refractivity (Wildman–Crippen MR) is 55.5 cm³/mol. The predicted octanol–water partition coefficient (Wildman–Crippen LogP) is -0.123. The van der Waals surface area contributed by atoms with E-state index >= 15 is 0 Å². The van der Waals surface area contributed by atoms with E-state index in [1.165, 1.54) is 6.42 Å². The van der Waals surface area contributed by atoms with Gasteiger partial charge in [-0.2, -0.15) is 0 Å². The second kappa shape index (κ2) is 3.79. The van der Waals surface area contributed by atoms with E-state index < -0.39 is 10.0 Å². The van der Waals surface area contributed by atoms with Crippen molar-refractivity contribution in [2.75, 3.05) is 31.9 Å². The van der Waals surface area contributed by atoms with Gasteiger partial charge in [0.2, 0.25) is 10.0 Å². The molecule has 2 saturated heterocycles. The Hall–Kier alpha value is -0.130. The van der Waals surface area contributed by atoms with Crippen LogP contribution >= 0.6 is 0 Å². The van der Waals surface area contributed by atoms with E-state index in [2.05, 4.69) is 5.32 Å². The van der Waals surface area contributed by atoms with Gasteiger partial charge in [-0.15, -0.1) is 0 Å². The van der Waals surface area contributed by atoms with Crippen LogP contribution in [-0.4, -0.2) is 44.7 Å². The first-order valence-electron chi connectivity index (χ1n) is 5.30. The number of fused-ring (bicyclic) bond motifs is 2. The molecule has 2 rings (SSSR count). The minimum absolute atomic E-state index is 0.236. The van der Waals surface area contributed by atoms with Gasteiger partial charge in [0.25, 0.3) is 0 Å². The summed E-state index contributed by atoms with van der Waals surface area (Å²) in [6.45, 7) is 5.12. The molecule has 5 heteroatoms. The molecule has 0 radical (unpaired) electrons. The Morgan fingerprint density at radius 2 is 1.86 bits per heavy atom. The summed E-state index contributed by atoms with van der Waals surface area (Å²) in [5.41, 5.74) is 0. The van der Waals surface area contributed by atoms with Gasteiger partial charge in [-0.25, -0.2) is 12.7 Å². The third-order valence-corrected chi connectivity index (χ3v) is 5.03.